The van der Waals surface area contributed by atoms with Gasteiger partial charge in [-0.25, -0.2) is 4.98 Å². The van der Waals surface area contributed by atoms with Gasteiger partial charge >= 0.3 is 0 Å². The molecule has 0 spiro atoms. The van der Waals surface area contributed by atoms with Crippen LogP contribution in [0.3, 0.4) is 0 Å². The first-order valence-corrected chi connectivity index (χ1v) is 11.6. The fraction of sp³-hybridized carbons (Fsp3) is 0.318. The molecule has 1 aliphatic heterocycles. The quantitative estimate of drug-likeness (QED) is 0.463. The van der Waals surface area contributed by atoms with Crippen LogP contribution in [0, 0.1) is 6.92 Å². The highest BCUT2D eigenvalue weighted by atomic mass is 32.3. The summed E-state index contributed by atoms with van der Waals surface area (Å²) in [5, 5.41) is 4.59. The summed E-state index contributed by atoms with van der Waals surface area (Å²) in [4.78, 5) is 7.68. The average Bonchev–Trinajstić information content (AvgIpc) is 2.84. The maximum atomic E-state index is 10.6. The number of benzene rings is 2. The molecule has 5 N–H and O–H groups in total. The molecule has 0 saturated heterocycles. The number of rotatable bonds is 5. The number of nitrogens with zero attached hydrogens (tertiary/aromatic N) is 2. The standard InChI is InChI=1S/C22H28N4O2S/c1-16-7-8-19-18(13-16)20(24-10-4-9-23)14-22(25-19)26-11-12-29(27,28)21-6-3-2-5-17(21)15-26/h2-3,5-8,13-14,27-28H,4,9-12,15,23H2,1H3,(H,24,25). The van der Waals surface area contributed by atoms with E-state index in [1.54, 1.807) is 0 Å². The Bertz CT molecular complexity index is 1020. The van der Waals surface area contributed by atoms with Crippen LogP contribution in [0.2, 0.25) is 0 Å². The van der Waals surface area contributed by atoms with Crippen molar-refractivity contribution in [3.63, 3.8) is 0 Å². The zero-order valence-corrected chi connectivity index (χ0v) is 17.5. The average molecular weight is 413 g/mol. The lowest BCUT2D eigenvalue weighted by Gasteiger charge is -2.32. The molecule has 154 valence electrons. The van der Waals surface area contributed by atoms with Crippen molar-refractivity contribution >= 4 is 33.0 Å². The number of nitrogens with one attached hydrogen (secondary N) is 1. The maximum Gasteiger partial charge on any atom is 0.131 e. The third-order valence-corrected chi connectivity index (χ3v) is 7.16. The highest BCUT2D eigenvalue weighted by Crippen LogP contribution is 2.51. The Morgan fingerprint density at radius 2 is 2.00 bits per heavy atom. The minimum absolute atomic E-state index is 0.299. The van der Waals surface area contributed by atoms with Crippen molar-refractivity contribution in [3.05, 3.63) is 59.7 Å². The van der Waals surface area contributed by atoms with Gasteiger partial charge in [-0.2, -0.15) is 10.6 Å². The molecule has 0 unspecified atom stereocenters. The minimum atomic E-state index is -2.79. The lowest BCUT2D eigenvalue weighted by Crippen LogP contribution is -2.26. The van der Waals surface area contributed by atoms with E-state index < -0.39 is 10.6 Å². The van der Waals surface area contributed by atoms with E-state index >= 15 is 0 Å². The topological polar surface area (TPSA) is 94.6 Å². The molecule has 0 bridgehead atoms. The minimum Gasteiger partial charge on any atom is -0.384 e. The Morgan fingerprint density at radius 1 is 1.17 bits per heavy atom. The molecular formula is C22H28N4O2S. The first-order valence-electron chi connectivity index (χ1n) is 9.92. The van der Waals surface area contributed by atoms with Crippen molar-refractivity contribution in [2.75, 3.05) is 35.6 Å². The molecule has 0 radical (unpaired) electrons. The normalized spacial score (nSPS) is 16.9. The van der Waals surface area contributed by atoms with Crippen molar-refractivity contribution in [1.29, 1.82) is 0 Å². The van der Waals surface area contributed by atoms with Crippen LogP contribution in [0.4, 0.5) is 11.5 Å². The van der Waals surface area contributed by atoms with Crippen LogP contribution in [-0.4, -0.2) is 39.5 Å². The van der Waals surface area contributed by atoms with Crippen LogP contribution in [0.25, 0.3) is 10.9 Å². The van der Waals surface area contributed by atoms with Crippen LogP contribution >= 0.6 is 10.6 Å². The van der Waals surface area contributed by atoms with Gasteiger partial charge in [0.2, 0.25) is 0 Å². The number of anilines is 2. The second-order valence-corrected chi connectivity index (χ2v) is 9.70. The van der Waals surface area contributed by atoms with E-state index in [9.17, 15) is 9.11 Å². The van der Waals surface area contributed by atoms with Gasteiger partial charge in [-0.1, -0.05) is 29.8 Å². The van der Waals surface area contributed by atoms with E-state index in [4.69, 9.17) is 10.7 Å². The summed E-state index contributed by atoms with van der Waals surface area (Å²) in [7, 11) is -2.79. The van der Waals surface area contributed by atoms with Crippen LogP contribution in [0.15, 0.2) is 53.4 Å². The molecule has 1 aromatic heterocycles. The Morgan fingerprint density at radius 3 is 2.83 bits per heavy atom. The number of fused-ring (bicyclic) bond motifs is 2. The van der Waals surface area contributed by atoms with E-state index in [0.29, 0.717) is 30.3 Å². The van der Waals surface area contributed by atoms with Crippen LogP contribution in [-0.2, 0) is 6.54 Å². The number of pyridine rings is 1. The molecular weight excluding hydrogens is 384 g/mol. The van der Waals surface area contributed by atoms with Crippen molar-refractivity contribution < 1.29 is 9.11 Å². The molecule has 0 saturated carbocycles. The molecule has 29 heavy (non-hydrogen) atoms. The van der Waals surface area contributed by atoms with Gasteiger partial charge in [-0.05, 0) is 43.7 Å². The zero-order valence-electron chi connectivity index (χ0n) is 16.6. The Labute approximate surface area is 173 Å². The molecule has 0 fully saturated rings. The maximum absolute atomic E-state index is 10.6. The molecule has 6 nitrogen and oxygen atoms in total. The summed E-state index contributed by atoms with van der Waals surface area (Å²) in [6, 6.07) is 15.9. The van der Waals surface area contributed by atoms with Gasteiger partial charge in [-0.15, -0.1) is 0 Å². The summed E-state index contributed by atoms with van der Waals surface area (Å²) in [5.74, 6) is 1.14. The molecule has 7 heteroatoms. The second kappa shape index (κ2) is 8.20. The highest BCUT2D eigenvalue weighted by Gasteiger charge is 2.26. The molecule has 2 heterocycles. The third kappa shape index (κ3) is 4.18. The van der Waals surface area contributed by atoms with Crippen molar-refractivity contribution in [2.24, 2.45) is 5.73 Å². The van der Waals surface area contributed by atoms with E-state index in [1.165, 1.54) is 5.56 Å². The summed E-state index contributed by atoms with van der Waals surface area (Å²) in [6.45, 7) is 4.64. The van der Waals surface area contributed by atoms with Crippen molar-refractivity contribution in [2.45, 2.75) is 24.8 Å². The fourth-order valence-electron chi connectivity index (χ4n) is 3.74. The van der Waals surface area contributed by atoms with E-state index in [2.05, 4.69) is 35.3 Å². The first-order chi connectivity index (χ1) is 14.0. The molecule has 0 atom stereocenters. The molecule has 3 aromatic rings. The first kappa shape index (κ1) is 20.0. The monoisotopic (exact) mass is 412 g/mol. The van der Waals surface area contributed by atoms with Gasteiger partial charge in [0.05, 0.1) is 16.2 Å². The van der Waals surface area contributed by atoms with Crippen molar-refractivity contribution in [3.8, 4) is 0 Å². The Kier molecular flexibility index (Phi) is 5.65. The number of hydrogen-bond donors (Lipinski definition) is 4. The van der Waals surface area contributed by atoms with E-state index in [-0.39, 0.29) is 0 Å². The van der Waals surface area contributed by atoms with E-state index in [0.717, 1.165) is 40.9 Å². The van der Waals surface area contributed by atoms with Gasteiger partial charge in [0.1, 0.15) is 5.82 Å². The van der Waals surface area contributed by atoms with Gasteiger partial charge < -0.3 is 16.0 Å². The molecule has 1 aliphatic rings. The fourth-order valence-corrected chi connectivity index (χ4v) is 5.28. The van der Waals surface area contributed by atoms with Gasteiger partial charge in [0.25, 0.3) is 0 Å². The van der Waals surface area contributed by atoms with Gasteiger partial charge in [0, 0.05) is 36.8 Å². The second-order valence-electron chi connectivity index (χ2n) is 7.52. The van der Waals surface area contributed by atoms with Gasteiger partial charge in [-0.3, -0.25) is 9.11 Å². The predicted octanol–water partition coefficient (Wildman–Crippen LogP) is 4.43. The molecule has 0 amide bonds. The molecule has 2 aromatic carbocycles. The summed E-state index contributed by atoms with van der Waals surface area (Å²) in [6.07, 6.45) is 0.892. The van der Waals surface area contributed by atoms with E-state index in [1.807, 2.05) is 30.3 Å². The van der Waals surface area contributed by atoms with Crippen molar-refractivity contribution in [1.82, 2.24) is 4.98 Å². The number of aromatic nitrogens is 1. The molecule has 0 aliphatic carbocycles. The Balaban J connectivity index is 1.74. The summed E-state index contributed by atoms with van der Waals surface area (Å²) in [5.41, 5.74) is 9.74. The smallest absolute Gasteiger partial charge is 0.131 e. The van der Waals surface area contributed by atoms with Crippen LogP contribution in [0.5, 0.6) is 0 Å². The lowest BCUT2D eigenvalue weighted by atomic mass is 10.1. The largest absolute Gasteiger partial charge is 0.384 e. The predicted molar refractivity (Wildman–Crippen MR) is 122 cm³/mol. The lowest BCUT2D eigenvalue weighted by molar-refractivity contribution is 0.488. The van der Waals surface area contributed by atoms with Crippen LogP contribution < -0.4 is 16.0 Å². The Hall–Kier alpha value is -2.32. The van der Waals surface area contributed by atoms with Crippen LogP contribution in [0.1, 0.15) is 17.5 Å². The highest BCUT2D eigenvalue weighted by molar-refractivity contribution is 8.24. The van der Waals surface area contributed by atoms with Gasteiger partial charge in [0.15, 0.2) is 0 Å². The number of aryl methyl sites for hydroxylation is 1. The summed E-state index contributed by atoms with van der Waals surface area (Å²) < 4.78 is 21.3. The third-order valence-electron chi connectivity index (χ3n) is 5.30. The SMILES string of the molecule is Cc1ccc2nc(N3CCS(O)(O)c4ccccc4C3)cc(NCCCN)c2c1. The zero-order chi connectivity index (χ0) is 20.4. The molecule has 4 rings (SSSR count). The summed E-state index contributed by atoms with van der Waals surface area (Å²) >= 11 is 0. The number of hydrogen-bond acceptors (Lipinski definition) is 6. The number of nitrogens with two attached hydrogens (primary N) is 1.